The highest BCUT2D eigenvalue weighted by Crippen LogP contribution is 2.50. The molecular formula is C60H39BN2S. The first-order valence-corrected chi connectivity index (χ1v) is 22.9. The van der Waals surface area contributed by atoms with Gasteiger partial charge in [-0.25, -0.2) is 0 Å². The summed E-state index contributed by atoms with van der Waals surface area (Å²) in [5.74, 6) is 0. The Morgan fingerprint density at radius 3 is 1.53 bits per heavy atom. The predicted molar refractivity (Wildman–Crippen MR) is 275 cm³/mol. The molecule has 0 saturated carbocycles. The number of thiophene rings is 1. The van der Waals surface area contributed by atoms with Crippen LogP contribution in [0.4, 0.5) is 34.1 Å². The Balaban J connectivity index is 1.04. The molecule has 0 N–H and O–H groups in total. The van der Waals surface area contributed by atoms with Crippen molar-refractivity contribution >= 4 is 88.7 Å². The van der Waals surface area contributed by atoms with E-state index >= 15 is 0 Å². The summed E-state index contributed by atoms with van der Waals surface area (Å²) in [5.41, 5.74) is 20.8. The Hall–Kier alpha value is -7.92. The molecule has 298 valence electrons. The molecule has 11 aromatic rings. The van der Waals surface area contributed by atoms with Gasteiger partial charge in [0.15, 0.2) is 0 Å². The first kappa shape index (κ1) is 36.7. The smallest absolute Gasteiger partial charge is 0.252 e. The van der Waals surface area contributed by atoms with Crippen LogP contribution in [0.3, 0.4) is 0 Å². The van der Waals surface area contributed by atoms with E-state index in [1.54, 1.807) is 0 Å². The lowest BCUT2D eigenvalue weighted by Gasteiger charge is -2.44. The fraction of sp³-hybridized carbons (Fsp3) is 0. The Labute approximate surface area is 377 Å². The molecule has 0 atom stereocenters. The summed E-state index contributed by atoms with van der Waals surface area (Å²) in [6.45, 7) is 0.0293. The maximum Gasteiger partial charge on any atom is 0.252 e. The number of hydrogen-bond acceptors (Lipinski definition) is 3. The number of rotatable bonds is 6. The molecule has 2 nitrogen and oxygen atoms in total. The molecule has 2 aliphatic heterocycles. The lowest BCUT2D eigenvalue weighted by Crippen LogP contribution is -2.61. The van der Waals surface area contributed by atoms with Crippen LogP contribution in [-0.4, -0.2) is 6.71 Å². The number of para-hydroxylation sites is 2. The minimum Gasteiger partial charge on any atom is -0.311 e. The maximum absolute atomic E-state index is 2.55. The van der Waals surface area contributed by atoms with Crippen molar-refractivity contribution in [3.8, 4) is 44.5 Å². The van der Waals surface area contributed by atoms with Crippen LogP contribution in [0.25, 0.3) is 64.7 Å². The van der Waals surface area contributed by atoms with Gasteiger partial charge in [-0.15, -0.1) is 11.3 Å². The van der Waals surface area contributed by atoms with Crippen LogP contribution in [0.5, 0.6) is 0 Å². The van der Waals surface area contributed by atoms with Gasteiger partial charge in [-0.05, 0) is 92.2 Å². The van der Waals surface area contributed by atoms with E-state index in [1.807, 2.05) is 11.3 Å². The molecule has 0 bridgehead atoms. The fourth-order valence-corrected chi connectivity index (χ4v) is 11.8. The van der Waals surface area contributed by atoms with Crippen molar-refractivity contribution in [3.05, 3.63) is 237 Å². The van der Waals surface area contributed by atoms with Gasteiger partial charge in [-0.1, -0.05) is 194 Å². The van der Waals surface area contributed by atoms with Gasteiger partial charge in [0.2, 0.25) is 0 Å². The molecule has 4 heteroatoms. The molecule has 1 aromatic heterocycles. The van der Waals surface area contributed by atoms with E-state index in [9.17, 15) is 0 Å². The minimum absolute atomic E-state index is 0.0293. The van der Waals surface area contributed by atoms with Gasteiger partial charge in [0.25, 0.3) is 6.71 Å². The standard InChI is InChI=1S/C60H39BN2S/c1-4-18-40(19-5-1)43-24-14-25-45(38-43)62-55-34-17-35-56-58(55)61(52-37-36-44(39-57(52)62)41-20-6-2-7-21-41)51-31-11-13-33-54(51)63(56)53-32-12-10-26-47(53)48-28-16-30-50-49-29-15-27-46(59(49)64-60(48)50)42-22-8-3-9-23-42/h1-39H. The molecule has 0 amide bonds. The largest absolute Gasteiger partial charge is 0.311 e. The van der Waals surface area contributed by atoms with Crippen molar-refractivity contribution < 1.29 is 0 Å². The molecule has 13 rings (SSSR count). The van der Waals surface area contributed by atoms with E-state index in [-0.39, 0.29) is 6.71 Å². The van der Waals surface area contributed by atoms with E-state index < -0.39 is 0 Å². The third-order valence-electron chi connectivity index (χ3n) is 13.3. The SMILES string of the molecule is c1ccc(-c2cccc(N3c4cc(-c5ccccc5)ccc4B4c5ccccc5N(c5ccccc5-c5cccc6c5sc5c(-c7ccccc7)cccc56)c5cccc3c54)c2)cc1. The highest BCUT2D eigenvalue weighted by atomic mass is 32.1. The summed E-state index contributed by atoms with van der Waals surface area (Å²) in [6, 6.07) is 87.1. The summed E-state index contributed by atoms with van der Waals surface area (Å²) in [4.78, 5) is 5.06. The van der Waals surface area contributed by atoms with Crippen LogP contribution in [0.2, 0.25) is 0 Å². The van der Waals surface area contributed by atoms with Gasteiger partial charge in [-0.2, -0.15) is 0 Å². The zero-order valence-electron chi connectivity index (χ0n) is 34.9. The molecule has 0 unspecified atom stereocenters. The van der Waals surface area contributed by atoms with Crippen LogP contribution in [0, 0.1) is 0 Å². The van der Waals surface area contributed by atoms with E-state index in [0.29, 0.717) is 0 Å². The highest BCUT2D eigenvalue weighted by molar-refractivity contribution is 7.26. The van der Waals surface area contributed by atoms with Crippen molar-refractivity contribution in [2.45, 2.75) is 0 Å². The molecular weight excluding hydrogens is 792 g/mol. The predicted octanol–water partition coefficient (Wildman–Crippen LogP) is 14.8. The van der Waals surface area contributed by atoms with Crippen molar-refractivity contribution in [2.75, 3.05) is 9.80 Å². The molecule has 0 aliphatic carbocycles. The zero-order valence-corrected chi connectivity index (χ0v) is 35.7. The zero-order chi connectivity index (χ0) is 42.1. The lowest BCUT2D eigenvalue weighted by atomic mass is 9.33. The van der Waals surface area contributed by atoms with Gasteiger partial charge in [-0.3, -0.25) is 0 Å². The van der Waals surface area contributed by atoms with Gasteiger partial charge in [0, 0.05) is 59.7 Å². The molecule has 0 saturated heterocycles. The van der Waals surface area contributed by atoms with Crippen molar-refractivity contribution in [1.82, 2.24) is 0 Å². The van der Waals surface area contributed by atoms with E-state index in [0.717, 1.165) is 11.4 Å². The Morgan fingerprint density at radius 2 is 0.797 bits per heavy atom. The second-order valence-electron chi connectivity index (χ2n) is 16.8. The van der Waals surface area contributed by atoms with Gasteiger partial charge < -0.3 is 9.80 Å². The minimum atomic E-state index is 0.0293. The summed E-state index contributed by atoms with van der Waals surface area (Å²) < 4.78 is 2.63. The molecule has 0 spiro atoms. The second kappa shape index (κ2) is 14.9. The van der Waals surface area contributed by atoms with Gasteiger partial charge in [0.05, 0.1) is 5.69 Å². The first-order chi connectivity index (χ1) is 31.8. The first-order valence-electron chi connectivity index (χ1n) is 22.0. The highest BCUT2D eigenvalue weighted by Gasteiger charge is 2.43. The van der Waals surface area contributed by atoms with E-state index in [1.165, 1.54) is 104 Å². The number of anilines is 6. The van der Waals surface area contributed by atoms with Gasteiger partial charge in [0.1, 0.15) is 0 Å². The Kier molecular flexibility index (Phi) is 8.53. The van der Waals surface area contributed by atoms with E-state index in [2.05, 4.69) is 246 Å². The summed E-state index contributed by atoms with van der Waals surface area (Å²) in [6.07, 6.45) is 0. The topological polar surface area (TPSA) is 6.48 Å². The van der Waals surface area contributed by atoms with Crippen LogP contribution in [-0.2, 0) is 0 Å². The van der Waals surface area contributed by atoms with E-state index in [4.69, 9.17) is 0 Å². The summed E-state index contributed by atoms with van der Waals surface area (Å²) >= 11 is 1.91. The number of benzene rings is 10. The van der Waals surface area contributed by atoms with Crippen LogP contribution < -0.4 is 26.2 Å². The Bertz CT molecular complexity index is 3580. The van der Waals surface area contributed by atoms with Crippen LogP contribution in [0.1, 0.15) is 0 Å². The van der Waals surface area contributed by atoms with Gasteiger partial charge >= 0.3 is 0 Å². The molecule has 3 heterocycles. The molecule has 0 radical (unpaired) electrons. The third kappa shape index (κ3) is 5.73. The molecule has 0 fully saturated rings. The number of nitrogens with zero attached hydrogens (tertiary/aromatic N) is 2. The fourth-order valence-electron chi connectivity index (χ4n) is 10.5. The number of hydrogen-bond donors (Lipinski definition) is 0. The summed E-state index contributed by atoms with van der Waals surface area (Å²) in [7, 11) is 0. The maximum atomic E-state index is 2.55. The normalized spacial score (nSPS) is 12.6. The average Bonchev–Trinajstić information content (AvgIpc) is 3.76. The van der Waals surface area contributed by atoms with Crippen molar-refractivity contribution in [3.63, 3.8) is 0 Å². The number of fused-ring (bicyclic) bond motifs is 7. The monoisotopic (exact) mass is 830 g/mol. The molecule has 64 heavy (non-hydrogen) atoms. The van der Waals surface area contributed by atoms with Crippen LogP contribution >= 0.6 is 11.3 Å². The molecule has 2 aliphatic rings. The second-order valence-corrected chi connectivity index (χ2v) is 17.8. The van der Waals surface area contributed by atoms with Crippen LogP contribution in [0.15, 0.2) is 237 Å². The lowest BCUT2D eigenvalue weighted by molar-refractivity contribution is 1.25. The quantitative estimate of drug-likeness (QED) is 0.154. The average molecular weight is 831 g/mol. The molecule has 10 aromatic carbocycles. The van der Waals surface area contributed by atoms with Crippen molar-refractivity contribution in [2.24, 2.45) is 0 Å². The Morgan fingerprint density at radius 1 is 0.297 bits per heavy atom. The van der Waals surface area contributed by atoms with Crippen molar-refractivity contribution in [1.29, 1.82) is 0 Å². The third-order valence-corrected chi connectivity index (χ3v) is 14.6. The summed E-state index contributed by atoms with van der Waals surface area (Å²) in [5, 5.41) is 2.59.